The van der Waals surface area contributed by atoms with Gasteiger partial charge in [0, 0.05) is 37.2 Å². The lowest BCUT2D eigenvalue weighted by atomic mass is 10.1. The van der Waals surface area contributed by atoms with E-state index >= 15 is 0 Å². The number of carbonyl (C=O) groups excluding carboxylic acids is 1. The average Bonchev–Trinajstić information content (AvgIpc) is 2.65. The van der Waals surface area contributed by atoms with Crippen LogP contribution in [0.2, 0.25) is 0 Å². The Hall–Kier alpha value is -3.41. The highest BCUT2D eigenvalue weighted by atomic mass is 16.1. The molecule has 0 fully saturated rings. The predicted molar refractivity (Wildman–Crippen MR) is 110 cm³/mol. The molecule has 1 aromatic heterocycles. The van der Waals surface area contributed by atoms with Crippen LogP contribution in [0.3, 0.4) is 0 Å². The third-order valence-electron chi connectivity index (χ3n) is 4.20. The number of nitrogens with one attached hydrogen (secondary N) is 2. The Kier molecular flexibility index (Phi) is 5.35. The first-order valence-corrected chi connectivity index (χ1v) is 8.67. The molecule has 0 saturated heterocycles. The summed E-state index contributed by atoms with van der Waals surface area (Å²) in [6, 6.07) is 15.5. The maximum atomic E-state index is 12.6. The molecule has 0 aliphatic rings. The van der Waals surface area contributed by atoms with Crippen LogP contribution in [0.15, 0.2) is 54.9 Å². The van der Waals surface area contributed by atoms with E-state index in [0.29, 0.717) is 11.5 Å². The minimum absolute atomic E-state index is 0.267. The van der Waals surface area contributed by atoms with Crippen molar-refractivity contribution < 1.29 is 4.79 Å². The molecule has 0 bridgehead atoms. The quantitative estimate of drug-likeness (QED) is 0.714. The Morgan fingerprint density at radius 2 is 1.70 bits per heavy atom. The second kappa shape index (κ2) is 7.86. The lowest BCUT2D eigenvalue weighted by molar-refractivity contribution is 0.102. The lowest BCUT2D eigenvalue weighted by Crippen LogP contribution is -2.15. The Morgan fingerprint density at radius 1 is 0.963 bits per heavy atom. The number of nitrogens with zero attached hydrogens (tertiary/aromatic N) is 3. The largest absolute Gasteiger partial charge is 0.378 e. The summed E-state index contributed by atoms with van der Waals surface area (Å²) in [5.41, 5.74) is 5.17. The van der Waals surface area contributed by atoms with Crippen molar-refractivity contribution in [2.24, 2.45) is 0 Å². The molecule has 1 heterocycles. The van der Waals surface area contributed by atoms with Gasteiger partial charge in [0.05, 0.1) is 0 Å². The molecule has 3 rings (SSSR count). The number of hydrogen-bond acceptors (Lipinski definition) is 5. The van der Waals surface area contributed by atoms with E-state index in [4.69, 9.17) is 0 Å². The number of carbonyl (C=O) groups is 1. The van der Waals surface area contributed by atoms with Gasteiger partial charge in [-0.1, -0.05) is 12.1 Å². The summed E-state index contributed by atoms with van der Waals surface area (Å²) in [4.78, 5) is 22.9. The van der Waals surface area contributed by atoms with Crippen LogP contribution in [0.1, 0.15) is 21.6 Å². The van der Waals surface area contributed by atoms with E-state index < -0.39 is 0 Å². The lowest BCUT2D eigenvalue weighted by Gasteiger charge is -2.13. The van der Waals surface area contributed by atoms with Crippen LogP contribution in [0.4, 0.5) is 22.9 Å². The maximum absolute atomic E-state index is 12.6. The molecule has 0 saturated carbocycles. The van der Waals surface area contributed by atoms with Crippen LogP contribution in [0.25, 0.3) is 0 Å². The van der Waals surface area contributed by atoms with Crippen molar-refractivity contribution in [2.75, 3.05) is 29.6 Å². The molecule has 3 aromatic rings. The number of rotatable bonds is 5. The molecular weight excluding hydrogens is 338 g/mol. The van der Waals surface area contributed by atoms with E-state index in [2.05, 4.69) is 20.6 Å². The summed E-state index contributed by atoms with van der Waals surface area (Å²) in [6.45, 7) is 3.95. The monoisotopic (exact) mass is 361 g/mol. The second-order valence-electron chi connectivity index (χ2n) is 6.63. The SMILES string of the molecule is Cc1ccc(C)c(NC(=O)c2cc(Nc3ccc(N(C)C)cc3)ncn2)c1. The summed E-state index contributed by atoms with van der Waals surface area (Å²) in [7, 11) is 3.99. The van der Waals surface area contributed by atoms with E-state index in [1.54, 1.807) is 6.07 Å². The van der Waals surface area contributed by atoms with Crippen LogP contribution in [-0.2, 0) is 0 Å². The molecule has 2 N–H and O–H groups in total. The molecule has 0 radical (unpaired) electrons. The zero-order chi connectivity index (χ0) is 19.4. The summed E-state index contributed by atoms with van der Waals surface area (Å²) < 4.78 is 0. The molecule has 2 aromatic carbocycles. The summed E-state index contributed by atoms with van der Waals surface area (Å²) >= 11 is 0. The van der Waals surface area contributed by atoms with Crippen molar-refractivity contribution in [1.29, 1.82) is 0 Å². The Morgan fingerprint density at radius 3 is 2.41 bits per heavy atom. The average molecular weight is 361 g/mol. The number of benzene rings is 2. The van der Waals surface area contributed by atoms with Gasteiger partial charge in [0.1, 0.15) is 17.8 Å². The van der Waals surface area contributed by atoms with Gasteiger partial charge < -0.3 is 15.5 Å². The molecule has 0 unspecified atom stereocenters. The normalized spacial score (nSPS) is 10.4. The minimum Gasteiger partial charge on any atom is -0.378 e. The number of anilines is 4. The maximum Gasteiger partial charge on any atom is 0.274 e. The Labute approximate surface area is 159 Å². The predicted octanol–water partition coefficient (Wildman–Crippen LogP) is 4.16. The first-order valence-electron chi connectivity index (χ1n) is 8.67. The van der Waals surface area contributed by atoms with Crippen LogP contribution < -0.4 is 15.5 Å². The minimum atomic E-state index is -0.267. The van der Waals surface area contributed by atoms with Crippen molar-refractivity contribution in [3.63, 3.8) is 0 Å². The summed E-state index contributed by atoms with van der Waals surface area (Å²) in [6.07, 6.45) is 1.38. The van der Waals surface area contributed by atoms with Crippen molar-refractivity contribution in [1.82, 2.24) is 9.97 Å². The van der Waals surface area contributed by atoms with Gasteiger partial charge in [0.2, 0.25) is 0 Å². The molecule has 1 amide bonds. The number of aromatic nitrogens is 2. The zero-order valence-corrected chi connectivity index (χ0v) is 15.9. The van der Waals surface area contributed by atoms with Gasteiger partial charge in [-0.25, -0.2) is 9.97 Å². The highest BCUT2D eigenvalue weighted by molar-refractivity contribution is 6.03. The first-order chi connectivity index (χ1) is 12.9. The van der Waals surface area contributed by atoms with Gasteiger partial charge in [0.15, 0.2) is 0 Å². The molecule has 0 aliphatic carbocycles. The molecule has 138 valence electrons. The van der Waals surface area contributed by atoms with Crippen molar-refractivity contribution in [3.05, 3.63) is 71.7 Å². The molecule has 0 atom stereocenters. The van der Waals surface area contributed by atoms with Gasteiger partial charge in [-0.3, -0.25) is 4.79 Å². The van der Waals surface area contributed by atoms with Gasteiger partial charge in [0.25, 0.3) is 5.91 Å². The molecule has 0 spiro atoms. The van der Waals surface area contributed by atoms with Gasteiger partial charge in [-0.05, 0) is 55.3 Å². The van der Waals surface area contributed by atoms with E-state index in [0.717, 1.165) is 28.2 Å². The topological polar surface area (TPSA) is 70.2 Å². The van der Waals surface area contributed by atoms with Gasteiger partial charge in [-0.15, -0.1) is 0 Å². The highest BCUT2D eigenvalue weighted by Crippen LogP contribution is 2.20. The Balaban J connectivity index is 1.74. The summed E-state index contributed by atoms with van der Waals surface area (Å²) in [5.74, 6) is 0.297. The first kappa shape index (κ1) is 18.4. The second-order valence-corrected chi connectivity index (χ2v) is 6.63. The molecule has 0 aliphatic heterocycles. The van der Waals surface area contributed by atoms with Gasteiger partial charge >= 0.3 is 0 Å². The zero-order valence-electron chi connectivity index (χ0n) is 15.9. The fourth-order valence-corrected chi connectivity index (χ4v) is 2.60. The summed E-state index contributed by atoms with van der Waals surface area (Å²) in [5, 5.41) is 6.12. The van der Waals surface area contributed by atoms with E-state index in [9.17, 15) is 4.79 Å². The fourth-order valence-electron chi connectivity index (χ4n) is 2.60. The van der Waals surface area contributed by atoms with Crippen molar-refractivity contribution >= 4 is 28.8 Å². The smallest absolute Gasteiger partial charge is 0.274 e. The third kappa shape index (κ3) is 4.61. The number of hydrogen-bond donors (Lipinski definition) is 2. The van der Waals surface area contributed by atoms with E-state index in [1.165, 1.54) is 6.33 Å². The van der Waals surface area contributed by atoms with Crippen LogP contribution in [-0.4, -0.2) is 30.0 Å². The van der Waals surface area contributed by atoms with E-state index in [-0.39, 0.29) is 5.91 Å². The number of amides is 1. The standard InChI is InChI=1S/C21H23N5O/c1-14-5-6-15(2)18(11-14)25-21(27)19-12-20(23-13-22-19)24-16-7-9-17(10-8-16)26(3)4/h5-13H,1-4H3,(H,25,27)(H,22,23,24). The molecule has 27 heavy (non-hydrogen) atoms. The molecular formula is C21H23N5O. The molecule has 6 nitrogen and oxygen atoms in total. The fraction of sp³-hybridized carbons (Fsp3) is 0.190. The molecule has 6 heteroatoms. The van der Waals surface area contributed by atoms with Gasteiger partial charge in [-0.2, -0.15) is 0 Å². The van der Waals surface area contributed by atoms with Crippen LogP contribution >= 0.6 is 0 Å². The van der Waals surface area contributed by atoms with Crippen LogP contribution in [0.5, 0.6) is 0 Å². The highest BCUT2D eigenvalue weighted by Gasteiger charge is 2.11. The van der Waals surface area contributed by atoms with Crippen LogP contribution in [0, 0.1) is 13.8 Å². The Bertz CT molecular complexity index is 951. The van der Waals surface area contributed by atoms with E-state index in [1.807, 2.05) is 75.3 Å². The van der Waals surface area contributed by atoms with Crippen molar-refractivity contribution in [3.8, 4) is 0 Å². The number of aryl methyl sites for hydroxylation is 2. The van der Waals surface area contributed by atoms with Crippen molar-refractivity contribution in [2.45, 2.75) is 13.8 Å². The third-order valence-corrected chi connectivity index (χ3v) is 4.20.